The highest BCUT2D eigenvalue weighted by Gasteiger charge is 2.04. The predicted octanol–water partition coefficient (Wildman–Crippen LogP) is 0.601. The molecule has 6 nitrogen and oxygen atoms in total. The lowest BCUT2D eigenvalue weighted by Gasteiger charge is -2.05. The molecule has 0 bridgehead atoms. The Balaban J connectivity index is 0.000000168. The second-order valence-corrected chi connectivity index (χ2v) is 4.82. The third-order valence-electron chi connectivity index (χ3n) is 1.81. The van der Waals surface area contributed by atoms with E-state index in [9.17, 15) is 0 Å². The summed E-state index contributed by atoms with van der Waals surface area (Å²) in [6, 6.07) is 7.74. The average Bonchev–Trinajstić information content (AvgIpc) is 2.80. The van der Waals surface area contributed by atoms with Gasteiger partial charge in [0.1, 0.15) is 5.52 Å². The van der Waals surface area contributed by atoms with Crippen LogP contribution >= 0.6 is 0 Å². The highest BCUT2D eigenvalue weighted by Crippen LogP contribution is 2.03. The molecule has 0 fully saturated rings. The number of aromatic nitrogens is 3. The van der Waals surface area contributed by atoms with Gasteiger partial charge in [0.15, 0.2) is 0 Å². The average molecular weight is 241 g/mol. The smallest absolute Gasteiger partial charge is 0.379 e. The van der Waals surface area contributed by atoms with Crippen molar-refractivity contribution in [1.82, 2.24) is 15.4 Å². The third-order valence-corrected chi connectivity index (χ3v) is 2.96. The topological polar surface area (TPSA) is 69.3 Å². The summed E-state index contributed by atoms with van der Waals surface area (Å²) in [5.41, 5.74) is 1.90. The lowest BCUT2D eigenvalue weighted by Crippen LogP contribution is -2.21. The van der Waals surface area contributed by atoms with Gasteiger partial charge in [-0.2, -0.15) is 0 Å². The number of hydrogen-bond acceptors (Lipinski definition) is 5. The van der Waals surface area contributed by atoms with E-state index in [2.05, 4.69) is 15.4 Å². The standard InChI is InChI=1S/C6H5N3.C3H10O3Si/c1-2-4-6-5(3-1)7-9-8-6;1-4-7(5-2)6-3/h1-4H,(H,7,8,9);7H,1-3H3. The van der Waals surface area contributed by atoms with Gasteiger partial charge in [-0.15, -0.1) is 5.10 Å². The van der Waals surface area contributed by atoms with Crippen molar-refractivity contribution in [2.75, 3.05) is 21.3 Å². The minimum absolute atomic E-state index is 0.914. The molecule has 0 atom stereocenters. The summed E-state index contributed by atoms with van der Waals surface area (Å²) in [6.45, 7) is 0. The first-order valence-corrected chi connectivity index (χ1v) is 6.07. The van der Waals surface area contributed by atoms with Crippen molar-refractivity contribution in [3.05, 3.63) is 24.3 Å². The summed E-state index contributed by atoms with van der Waals surface area (Å²) in [4.78, 5) is 0. The highest BCUT2D eigenvalue weighted by atomic mass is 28.3. The fraction of sp³-hybridized carbons (Fsp3) is 0.333. The van der Waals surface area contributed by atoms with Gasteiger partial charge in [-0.05, 0) is 12.1 Å². The van der Waals surface area contributed by atoms with Crippen LogP contribution in [0, 0.1) is 0 Å². The Morgan fingerprint density at radius 2 is 1.69 bits per heavy atom. The molecule has 16 heavy (non-hydrogen) atoms. The van der Waals surface area contributed by atoms with Gasteiger partial charge in [0.05, 0.1) is 5.52 Å². The van der Waals surface area contributed by atoms with Crippen molar-refractivity contribution in [3.63, 3.8) is 0 Å². The van der Waals surface area contributed by atoms with Crippen molar-refractivity contribution in [1.29, 1.82) is 0 Å². The molecule has 7 heteroatoms. The number of nitrogens with one attached hydrogen (secondary N) is 1. The van der Waals surface area contributed by atoms with Crippen LogP contribution in [0.3, 0.4) is 0 Å². The molecule has 1 aromatic carbocycles. The van der Waals surface area contributed by atoms with E-state index >= 15 is 0 Å². The van der Waals surface area contributed by atoms with E-state index in [-0.39, 0.29) is 0 Å². The van der Waals surface area contributed by atoms with Gasteiger partial charge in [-0.25, -0.2) is 0 Å². The van der Waals surface area contributed by atoms with Crippen LogP contribution in [0.1, 0.15) is 0 Å². The SMILES string of the molecule is CO[SiH](OC)OC.c1ccc2[nH]nnc2c1. The number of H-pyrrole nitrogens is 1. The number of fused-ring (bicyclic) bond motifs is 1. The monoisotopic (exact) mass is 241 g/mol. The molecule has 2 rings (SSSR count). The molecule has 1 heterocycles. The lowest BCUT2D eigenvalue weighted by atomic mass is 10.3. The van der Waals surface area contributed by atoms with Crippen molar-refractivity contribution in [3.8, 4) is 0 Å². The van der Waals surface area contributed by atoms with Crippen LogP contribution in [0.15, 0.2) is 24.3 Å². The van der Waals surface area contributed by atoms with E-state index < -0.39 is 9.53 Å². The summed E-state index contributed by atoms with van der Waals surface area (Å²) >= 11 is 0. The first-order chi connectivity index (χ1) is 7.81. The molecule has 0 aliphatic heterocycles. The Morgan fingerprint density at radius 3 is 2.19 bits per heavy atom. The fourth-order valence-electron chi connectivity index (χ4n) is 1.08. The number of nitrogens with zero attached hydrogens (tertiary/aromatic N) is 2. The van der Waals surface area contributed by atoms with Crippen LogP contribution in [0.5, 0.6) is 0 Å². The zero-order valence-corrected chi connectivity index (χ0v) is 10.7. The highest BCUT2D eigenvalue weighted by molar-refractivity contribution is 6.36. The molecule has 0 radical (unpaired) electrons. The molecule has 0 saturated heterocycles. The van der Waals surface area contributed by atoms with Gasteiger partial charge in [-0.1, -0.05) is 17.3 Å². The first kappa shape index (κ1) is 12.8. The van der Waals surface area contributed by atoms with Gasteiger partial charge in [0.2, 0.25) is 0 Å². The number of hydrogen-bond donors (Lipinski definition) is 1. The fourth-order valence-corrected chi connectivity index (χ4v) is 1.65. The second kappa shape index (κ2) is 7.07. The van der Waals surface area contributed by atoms with Gasteiger partial charge < -0.3 is 13.3 Å². The minimum Gasteiger partial charge on any atom is -0.379 e. The van der Waals surface area contributed by atoms with Gasteiger partial charge in [0, 0.05) is 21.3 Å². The largest absolute Gasteiger partial charge is 0.483 e. The Kier molecular flexibility index (Phi) is 5.65. The number of benzene rings is 1. The third kappa shape index (κ3) is 3.70. The van der Waals surface area contributed by atoms with Crippen molar-refractivity contribution in [2.24, 2.45) is 0 Å². The summed E-state index contributed by atoms with van der Waals surface area (Å²) in [5, 5.41) is 10.2. The van der Waals surface area contributed by atoms with Crippen LogP contribution < -0.4 is 0 Å². The predicted molar refractivity (Wildman–Crippen MR) is 62.1 cm³/mol. The van der Waals surface area contributed by atoms with E-state index in [0.29, 0.717) is 0 Å². The zero-order valence-electron chi connectivity index (χ0n) is 9.51. The van der Waals surface area contributed by atoms with Crippen LogP contribution in [-0.4, -0.2) is 46.3 Å². The van der Waals surface area contributed by atoms with Gasteiger partial charge in [-0.3, -0.25) is 5.10 Å². The van der Waals surface area contributed by atoms with Crippen molar-refractivity contribution < 1.29 is 13.3 Å². The Morgan fingerprint density at radius 1 is 1.06 bits per heavy atom. The van der Waals surface area contributed by atoms with E-state index in [1.165, 1.54) is 0 Å². The molecular weight excluding hydrogens is 226 g/mol. The summed E-state index contributed by atoms with van der Waals surface area (Å²) in [5.74, 6) is 0. The summed E-state index contributed by atoms with van der Waals surface area (Å²) in [7, 11) is 3.05. The van der Waals surface area contributed by atoms with Gasteiger partial charge in [0.25, 0.3) is 0 Å². The van der Waals surface area contributed by atoms with Gasteiger partial charge >= 0.3 is 9.53 Å². The normalized spacial score (nSPS) is 10.2. The van der Waals surface area contributed by atoms with Crippen molar-refractivity contribution in [2.45, 2.75) is 0 Å². The molecule has 2 aromatic rings. The molecule has 0 aliphatic carbocycles. The minimum atomic E-state index is -1.67. The molecular formula is C9H15N3O3Si. The van der Waals surface area contributed by atoms with Crippen LogP contribution in [-0.2, 0) is 13.3 Å². The molecule has 0 spiro atoms. The Hall–Kier alpha value is -1.28. The van der Waals surface area contributed by atoms with Crippen LogP contribution in [0.2, 0.25) is 0 Å². The molecule has 0 unspecified atom stereocenters. The van der Waals surface area contributed by atoms with E-state index in [4.69, 9.17) is 13.3 Å². The molecule has 1 aromatic heterocycles. The summed E-state index contributed by atoms with van der Waals surface area (Å²) in [6.07, 6.45) is 0. The molecule has 0 amide bonds. The van der Waals surface area contributed by atoms with Crippen molar-refractivity contribution >= 4 is 20.6 Å². The molecule has 0 aliphatic rings. The Bertz CT molecular complexity index is 370. The van der Waals surface area contributed by atoms with Crippen LogP contribution in [0.25, 0.3) is 11.0 Å². The number of rotatable bonds is 3. The second-order valence-electron chi connectivity index (χ2n) is 2.82. The lowest BCUT2D eigenvalue weighted by molar-refractivity contribution is 0.163. The van der Waals surface area contributed by atoms with E-state index in [1.807, 2.05) is 24.3 Å². The molecule has 1 N–H and O–H groups in total. The quantitative estimate of drug-likeness (QED) is 0.797. The van der Waals surface area contributed by atoms with Crippen LogP contribution in [0.4, 0.5) is 0 Å². The number of para-hydroxylation sites is 1. The number of aromatic amines is 1. The maximum atomic E-state index is 4.74. The maximum Gasteiger partial charge on any atom is 0.483 e. The molecule has 0 saturated carbocycles. The Labute approximate surface area is 95.5 Å². The van der Waals surface area contributed by atoms with E-state index in [1.54, 1.807) is 21.3 Å². The first-order valence-electron chi connectivity index (χ1n) is 4.66. The molecule has 88 valence electrons. The zero-order chi connectivity index (χ0) is 11.8. The maximum absolute atomic E-state index is 4.74. The summed E-state index contributed by atoms with van der Waals surface area (Å²) < 4.78 is 14.2. The van der Waals surface area contributed by atoms with E-state index in [0.717, 1.165) is 11.0 Å².